The van der Waals surface area contributed by atoms with E-state index in [1.54, 1.807) is 18.7 Å². The molecular weight excluding hydrogens is 530 g/mol. The Kier molecular flexibility index (Phi) is 7.36. The Hall–Kier alpha value is -3.68. The van der Waals surface area contributed by atoms with Crippen molar-refractivity contribution >= 4 is 17.3 Å². The summed E-state index contributed by atoms with van der Waals surface area (Å²) < 4.78 is 80.8. The van der Waals surface area contributed by atoms with Crippen molar-refractivity contribution in [2.75, 3.05) is 23.3 Å². The number of hydrogen-bond acceptors (Lipinski definition) is 6. The summed E-state index contributed by atoms with van der Waals surface area (Å²) in [6.45, 7) is 5.15. The second-order valence-electron chi connectivity index (χ2n) is 9.96. The minimum Gasteiger partial charge on any atom is -0.390 e. The predicted molar refractivity (Wildman–Crippen MR) is 130 cm³/mol. The number of alkyl halides is 6. The molecule has 0 unspecified atom stereocenters. The van der Waals surface area contributed by atoms with Crippen LogP contribution in [0.2, 0.25) is 0 Å². The third kappa shape index (κ3) is 6.32. The van der Waals surface area contributed by atoms with Crippen molar-refractivity contribution in [2.45, 2.75) is 51.2 Å². The Bertz CT molecular complexity index is 1350. The number of aliphatic hydroxyl groups is 1. The summed E-state index contributed by atoms with van der Waals surface area (Å²) >= 11 is 0. The molecule has 3 aromatic heterocycles. The molecule has 1 aliphatic heterocycles. The Labute approximate surface area is 219 Å². The highest BCUT2D eigenvalue weighted by Gasteiger charge is 2.39. The molecule has 4 rings (SSSR count). The summed E-state index contributed by atoms with van der Waals surface area (Å²) in [5.41, 5.74) is -2.45. The van der Waals surface area contributed by atoms with E-state index in [9.17, 15) is 36.2 Å². The van der Waals surface area contributed by atoms with E-state index in [1.165, 1.54) is 24.3 Å². The molecule has 1 fully saturated rings. The first-order valence-electron chi connectivity index (χ1n) is 12.0. The predicted octanol–water partition coefficient (Wildman–Crippen LogP) is 5.33. The normalized spacial score (nSPS) is 17.4. The molecule has 0 bridgehead atoms. The van der Waals surface area contributed by atoms with Gasteiger partial charge in [-0.05, 0) is 45.4 Å². The fourth-order valence-electron chi connectivity index (χ4n) is 4.26. The van der Waals surface area contributed by atoms with E-state index >= 15 is 0 Å². The minimum absolute atomic E-state index is 0.103. The van der Waals surface area contributed by atoms with Gasteiger partial charge in [0.15, 0.2) is 5.69 Å². The van der Waals surface area contributed by atoms with E-state index in [2.05, 4.69) is 20.4 Å². The number of carbonyl (C=O) groups is 1. The summed E-state index contributed by atoms with van der Waals surface area (Å²) in [5.74, 6) is -1.07. The monoisotopic (exact) mass is 556 g/mol. The molecule has 3 aromatic rings. The van der Waals surface area contributed by atoms with Crippen LogP contribution in [0.3, 0.4) is 0 Å². The maximum Gasteiger partial charge on any atom is 0.435 e. The van der Waals surface area contributed by atoms with E-state index in [4.69, 9.17) is 0 Å². The van der Waals surface area contributed by atoms with Gasteiger partial charge in [-0.25, -0.2) is 9.97 Å². The van der Waals surface area contributed by atoms with Crippen LogP contribution in [0.4, 0.5) is 37.7 Å². The summed E-state index contributed by atoms with van der Waals surface area (Å²) in [6.07, 6.45) is -5.42. The molecule has 1 saturated heterocycles. The molecule has 0 radical (unpaired) electrons. The smallest absolute Gasteiger partial charge is 0.390 e. The summed E-state index contributed by atoms with van der Waals surface area (Å²) in [5, 5.41) is 16.2. The fraction of sp³-hybridized carbons (Fsp3) is 0.440. The average molecular weight is 557 g/mol. The molecule has 39 heavy (non-hydrogen) atoms. The quantitative estimate of drug-likeness (QED) is 0.399. The molecule has 4 heterocycles. The largest absolute Gasteiger partial charge is 0.435 e. The highest BCUT2D eigenvalue weighted by Crippen LogP contribution is 2.37. The first kappa shape index (κ1) is 28.3. The number of halogens is 6. The first-order valence-corrected chi connectivity index (χ1v) is 12.0. The Morgan fingerprint density at radius 1 is 1.15 bits per heavy atom. The number of pyridine rings is 2. The molecule has 0 saturated carbocycles. The molecule has 2 atom stereocenters. The Morgan fingerprint density at radius 2 is 1.87 bits per heavy atom. The zero-order chi connectivity index (χ0) is 28.8. The lowest BCUT2D eigenvalue weighted by Crippen LogP contribution is -2.33. The van der Waals surface area contributed by atoms with Gasteiger partial charge in [0.05, 0.1) is 35.1 Å². The number of aromatic nitrogens is 4. The number of hydrogen-bond donors (Lipinski definition) is 2. The highest BCUT2D eigenvalue weighted by molar-refractivity contribution is 6.03. The minimum atomic E-state index is -4.86. The maximum atomic E-state index is 13.7. The van der Waals surface area contributed by atoms with Gasteiger partial charge in [0, 0.05) is 30.8 Å². The molecule has 1 amide bonds. The summed E-state index contributed by atoms with van der Waals surface area (Å²) in [6, 6.07) is 3.38. The van der Waals surface area contributed by atoms with Crippen molar-refractivity contribution in [3.63, 3.8) is 0 Å². The Morgan fingerprint density at radius 3 is 2.49 bits per heavy atom. The molecule has 1 aliphatic rings. The molecule has 0 spiro atoms. The van der Waals surface area contributed by atoms with Crippen LogP contribution < -0.4 is 10.2 Å². The van der Waals surface area contributed by atoms with E-state index in [0.29, 0.717) is 29.9 Å². The second-order valence-corrected chi connectivity index (χ2v) is 9.96. The number of nitrogens with zero attached hydrogens (tertiary/aromatic N) is 5. The summed E-state index contributed by atoms with van der Waals surface area (Å²) in [4.78, 5) is 22.4. The van der Waals surface area contributed by atoms with Gasteiger partial charge in [-0.1, -0.05) is 6.07 Å². The number of rotatable bonds is 6. The van der Waals surface area contributed by atoms with E-state index in [0.717, 1.165) is 25.5 Å². The van der Waals surface area contributed by atoms with Crippen molar-refractivity contribution < 1.29 is 36.2 Å². The van der Waals surface area contributed by atoms with Gasteiger partial charge >= 0.3 is 12.4 Å². The van der Waals surface area contributed by atoms with Crippen molar-refractivity contribution in [3.8, 4) is 11.3 Å². The fourth-order valence-corrected chi connectivity index (χ4v) is 4.26. The first-order chi connectivity index (χ1) is 18.0. The number of anilines is 2. The van der Waals surface area contributed by atoms with Crippen LogP contribution in [0.1, 0.15) is 49.4 Å². The molecule has 14 heteroatoms. The van der Waals surface area contributed by atoms with Crippen LogP contribution in [-0.2, 0) is 6.18 Å². The van der Waals surface area contributed by atoms with Gasteiger partial charge < -0.3 is 15.3 Å². The van der Waals surface area contributed by atoms with Gasteiger partial charge in [-0.3, -0.25) is 9.48 Å². The molecule has 0 aromatic carbocycles. The van der Waals surface area contributed by atoms with Crippen LogP contribution >= 0.6 is 0 Å². The zero-order valence-corrected chi connectivity index (χ0v) is 21.2. The standard InChI is InChI=1S/C25H26F6N6O2/c1-14(24(26,27)28)37-12-15(10-33-37)18-5-4-6-19(34-18)22(38)35-20-9-17(11-32-21(20)25(29,30)31)36-8-7-16(13-36)23(2,3)39/h4-6,9-12,14,16,39H,7-8,13H2,1-3H3,(H,35,38)/t14-,16+/m0/s1. The topological polar surface area (TPSA) is 96.2 Å². The van der Waals surface area contributed by atoms with Crippen LogP contribution in [0.25, 0.3) is 11.3 Å². The number of carbonyl (C=O) groups excluding carboxylic acids is 1. The van der Waals surface area contributed by atoms with Gasteiger partial charge in [-0.15, -0.1) is 0 Å². The SMILES string of the molecule is C[C@H](n1cc(-c2cccc(C(=O)Nc3cc(N4CC[C@@H](C(C)(C)O)C4)cnc3C(F)(F)F)n2)cn1)C(F)(F)F. The molecule has 2 N–H and O–H groups in total. The third-order valence-electron chi connectivity index (χ3n) is 6.69. The molecule has 8 nitrogen and oxygen atoms in total. The summed E-state index contributed by atoms with van der Waals surface area (Å²) in [7, 11) is 0. The highest BCUT2D eigenvalue weighted by atomic mass is 19.4. The van der Waals surface area contributed by atoms with E-state index in [1.807, 2.05) is 0 Å². The van der Waals surface area contributed by atoms with Crippen molar-refractivity contribution in [1.82, 2.24) is 19.7 Å². The van der Waals surface area contributed by atoms with Crippen LogP contribution in [-0.4, -0.2) is 55.6 Å². The van der Waals surface area contributed by atoms with Gasteiger partial charge in [-0.2, -0.15) is 31.4 Å². The molecule has 0 aliphatic carbocycles. The number of amides is 1. The van der Waals surface area contributed by atoms with Crippen molar-refractivity contribution in [1.29, 1.82) is 0 Å². The lowest BCUT2D eigenvalue weighted by atomic mass is 9.90. The molecule has 210 valence electrons. The average Bonchev–Trinajstić information content (AvgIpc) is 3.53. The van der Waals surface area contributed by atoms with Gasteiger partial charge in [0.2, 0.25) is 0 Å². The van der Waals surface area contributed by atoms with E-state index < -0.39 is 41.3 Å². The Balaban J connectivity index is 1.59. The maximum absolute atomic E-state index is 13.7. The van der Waals surface area contributed by atoms with Crippen LogP contribution in [0, 0.1) is 5.92 Å². The lowest BCUT2D eigenvalue weighted by molar-refractivity contribution is -0.165. The van der Waals surface area contributed by atoms with Crippen molar-refractivity contribution in [2.24, 2.45) is 5.92 Å². The van der Waals surface area contributed by atoms with E-state index in [-0.39, 0.29) is 22.9 Å². The second kappa shape index (κ2) is 10.1. The third-order valence-corrected chi connectivity index (χ3v) is 6.69. The van der Waals surface area contributed by atoms with Crippen LogP contribution in [0.15, 0.2) is 42.9 Å². The lowest BCUT2D eigenvalue weighted by Gasteiger charge is -2.26. The van der Waals surface area contributed by atoms with Crippen LogP contribution in [0.5, 0.6) is 0 Å². The van der Waals surface area contributed by atoms with Gasteiger partial charge in [0.1, 0.15) is 11.7 Å². The van der Waals surface area contributed by atoms with Crippen molar-refractivity contribution in [3.05, 3.63) is 54.2 Å². The molecular formula is C25H26F6N6O2. The zero-order valence-electron chi connectivity index (χ0n) is 21.2. The van der Waals surface area contributed by atoms with Gasteiger partial charge in [0.25, 0.3) is 5.91 Å². The number of nitrogens with one attached hydrogen (secondary N) is 1.